The zero-order valence-corrected chi connectivity index (χ0v) is 20.5. The number of carbonyl (C=O) groups is 5. The standard InChI is InChI=1S/C22H32N4O9S/c1-36-9-8-14(23)19(31)26-17(11-27)21(33)25-16(10-12-2-4-13(28)5-3-12)20(32)24-15(22(34)35)6-7-18(29)30/h2-5,14-17,27-28H,6-11,23H2,1H3,(H,24,32)(H,25,33)(H,26,31)(H,29,30)(H,34,35). The lowest BCUT2D eigenvalue weighted by molar-refractivity contribution is -0.143. The summed E-state index contributed by atoms with van der Waals surface area (Å²) in [6.07, 6.45) is 1.14. The predicted molar refractivity (Wildman–Crippen MR) is 130 cm³/mol. The molecule has 0 saturated carbocycles. The minimum atomic E-state index is -1.53. The fourth-order valence-corrected chi connectivity index (χ4v) is 3.49. The lowest BCUT2D eigenvalue weighted by Crippen LogP contribution is -2.58. The first kappa shape index (κ1) is 30.7. The van der Waals surface area contributed by atoms with E-state index < -0.39 is 66.9 Å². The van der Waals surface area contributed by atoms with Gasteiger partial charge in [0.2, 0.25) is 17.7 Å². The van der Waals surface area contributed by atoms with Crippen molar-refractivity contribution >= 4 is 41.4 Å². The number of phenols is 1. The SMILES string of the molecule is CSCCC(N)C(=O)NC(CO)C(=O)NC(Cc1ccc(O)cc1)C(=O)NC(CCC(=O)O)C(=O)O. The average Bonchev–Trinajstić information content (AvgIpc) is 2.83. The number of thioether (sulfide) groups is 1. The molecule has 0 saturated heterocycles. The van der Waals surface area contributed by atoms with Crippen LogP contribution in [0.25, 0.3) is 0 Å². The quantitative estimate of drug-likeness (QED) is 0.122. The second kappa shape index (κ2) is 15.6. The van der Waals surface area contributed by atoms with E-state index in [0.29, 0.717) is 17.7 Å². The molecule has 36 heavy (non-hydrogen) atoms. The number of nitrogens with one attached hydrogen (secondary N) is 3. The topological polar surface area (TPSA) is 228 Å². The van der Waals surface area contributed by atoms with Crippen LogP contribution in [0.5, 0.6) is 5.75 Å². The van der Waals surface area contributed by atoms with Crippen LogP contribution in [0.3, 0.4) is 0 Å². The number of aliphatic hydroxyl groups is 1. The van der Waals surface area contributed by atoms with Crippen molar-refractivity contribution in [1.82, 2.24) is 16.0 Å². The van der Waals surface area contributed by atoms with Gasteiger partial charge in [-0.1, -0.05) is 12.1 Å². The van der Waals surface area contributed by atoms with Crippen LogP contribution in [-0.4, -0.2) is 92.9 Å². The van der Waals surface area contributed by atoms with Crippen LogP contribution in [0.4, 0.5) is 0 Å². The number of nitrogens with two attached hydrogens (primary N) is 1. The first-order chi connectivity index (χ1) is 17.0. The maximum Gasteiger partial charge on any atom is 0.326 e. The number of hydrogen-bond donors (Lipinski definition) is 8. The predicted octanol–water partition coefficient (Wildman–Crippen LogP) is -1.59. The summed E-state index contributed by atoms with van der Waals surface area (Å²) < 4.78 is 0. The Morgan fingerprint density at radius 1 is 0.889 bits per heavy atom. The van der Waals surface area contributed by atoms with E-state index in [1.54, 1.807) is 0 Å². The summed E-state index contributed by atoms with van der Waals surface area (Å²) in [6, 6.07) is 0.433. The smallest absolute Gasteiger partial charge is 0.326 e. The highest BCUT2D eigenvalue weighted by Gasteiger charge is 2.30. The van der Waals surface area contributed by atoms with Crippen molar-refractivity contribution in [3.63, 3.8) is 0 Å². The number of amides is 3. The maximum absolute atomic E-state index is 12.9. The summed E-state index contributed by atoms with van der Waals surface area (Å²) in [5.41, 5.74) is 6.28. The van der Waals surface area contributed by atoms with Gasteiger partial charge < -0.3 is 42.1 Å². The van der Waals surface area contributed by atoms with Crippen molar-refractivity contribution in [2.45, 2.75) is 49.9 Å². The van der Waals surface area contributed by atoms with E-state index in [0.717, 1.165) is 0 Å². The van der Waals surface area contributed by atoms with Crippen molar-refractivity contribution in [2.24, 2.45) is 5.73 Å². The highest BCUT2D eigenvalue weighted by Crippen LogP contribution is 2.12. The monoisotopic (exact) mass is 528 g/mol. The van der Waals surface area contributed by atoms with Gasteiger partial charge >= 0.3 is 11.9 Å². The van der Waals surface area contributed by atoms with Crippen LogP contribution in [-0.2, 0) is 30.4 Å². The molecule has 0 bridgehead atoms. The van der Waals surface area contributed by atoms with E-state index in [2.05, 4.69) is 16.0 Å². The molecule has 0 spiro atoms. The molecule has 4 atom stereocenters. The second-order valence-electron chi connectivity index (χ2n) is 7.90. The molecule has 0 radical (unpaired) electrons. The van der Waals surface area contributed by atoms with Gasteiger partial charge in [0, 0.05) is 12.8 Å². The molecule has 1 aromatic rings. The van der Waals surface area contributed by atoms with E-state index in [4.69, 9.17) is 10.8 Å². The van der Waals surface area contributed by atoms with Gasteiger partial charge in [-0.15, -0.1) is 0 Å². The van der Waals surface area contributed by atoms with Crippen LogP contribution in [0.15, 0.2) is 24.3 Å². The van der Waals surface area contributed by atoms with Crippen molar-refractivity contribution in [3.8, 4) is 5.75 Å². The highest BCUT2D eigenvalue weighted by molar-refractivity contribution is 7.98. The minimum absolute atomic E-state index is 0.0377. The summed E-state index contributed by atoms with van der Waals surface area (Å²) in [6.45, 7) is -0.795. The largest absolute Gasteiger partial charge is 0.508 e. The Hall–Kier alpha value is -3.36. The number of phenolic OH excluding ortho intramolecular Hbond substituents is 1. The van der Waals surface area contributed by atoms with Gasteiger partial charge in [-0.05, 0) is 42.5 Å². The molecule has 0 fully saturated rings. The summed E-state index contributed by atoms with van der Waals surface area (Å²) in [5, 5.41) is 44.2. The lowest BCUT2D eigenvalue weighted by Gasteiger charge is -2.24. The highest BCUT2D eigenvalue weighted by atomic mass is 32.2. The summed E-state index contributed by atoms with van der Waals surface area (Å²) in [5.74, 6) is -4.65. The molecule has 0 aliphatic heterocycles. The number of carboxylic acids is 2. The molecule has 13 nitrogen and oxygen atoms in total. The summed E-state index contributed by atoms with van der Waals surface area (Å²) in [7, 11) is 0. The Labute approximate surface area is 211 Å². The van der Waals surface area contributed by atoms with Crippen molar-refractivity contribution < 1.29 is 44.4 Å². The number of hydrogen-bond acceptors (Lipinski definition) is 9. The molecular weight excluding hydrogens is 496 g/mol. The average molecular weight is 529 g/mol. The lowest BCUT2D eigenvalue weighted by atomic mass is 10.0. The van der Waals surface area contributed by atoms with Gasteiger partial charge in [0.15, 0.2) is 0 Å². The fraction of sp³-hybridized carbons (Fsp3) is 0.500. The van der Waals surface area contributed by atoms with E-state index in [1.807, 2.05) is 6.26 Å². The summed E-state index contributed by atoms with van der Waals surface area (Å²) >= 11 is 1.48. The number of carbonyl (C=O) groups excluding carboxylic acids is 3. The zero-order valence-electron chi connectivity index (χ0n) is 19.7. The number of carboxylic acid groups (broad SMARTS) is 2. The minimum Gasteiger partial charge on any atom is -0.508 e. The molecule has 200 valence electrons. The van der Waals surface area contributed by atoms with Gasteiger partial charge in [-0.2, -0.15) is 11.8 Å². The van der Waals surface area contributed by atoms with E-state index >= 15 is 0 Å². The Morgan fingerprint density at radius 2 is 1.44 bits per heavy atom. The van der Waals surface area contributed by atoms with Crippen LogP contribution in [0, 0.1) is 0 Å². The molecule has 14 heteroatoms. The Bertz CT molecular complexity index is 913. The first-order valence-electron chi connectivity index (χ1n) is 11.0. The summed E-state index contributed by atoms with van der Waals surface area (Å²) in [4.78, 5) is 60.3. The second-order valence-corrected chi connectivity index (χ2v) is 8.88. The molecule has 1 rings (SSSR count). The van der Waals surface area contributed by atoms with Gasteiger partial charge in [0.05, 0.1) is 12.6 Å². The zero-order chi connectivity index (χ0) is 27.3. The number of rotatable bonds is 16. The molecule has 0 aromatic heterocycles. The number of aromatic hydroxyl groups is 1. The van der Waals surface area contributed by atoms with Crippen LogP contribution in [0.2, 0.25) is 0 Å². The normalized spacial score (nSPS) is 14.1. The van der Waals surface area contributed by atoms with E-state index in [1.165, 1.54) is 36.0 Å². The molecule has 0 aliphatic rings. The third-order valence-electron chi connectivity index (χ3n) is 5.06. The molecule has 1 aromatic carbocycles. The maximum atomic E-state index is 12.9. The third-order valence-corrected chi connectivity index (χ3v) is 5.70. The van der Waals surface area contributed by atoms with Crippen molar-refractivity contribution in [2.75, 3.05) is 18.6 Å². The van der Waals surface area contributed by atoms with E-state index in [9.17, 15) is 39.3 Å². The Balaban J connectivity index is 3.03. The number of benzene rings is 1. The van der Waals surface area contributed by atoms with Crippen molar-refractivity contribution in [3.05, 3.63) is 29.8 Å². The molecule has 0 heterocycles. The van der Waals surface area contributed by atoms with Gasteiger partial charge in [0.25, 0.3) is 0 Å². The van der Waals surface area contributed by atoms with Crippen LogP contribution < -0.4 is 21.7 Å². The first-order valence-corrected chi connectivity index (χ1v) is 12.4. The molecule has 9 N–H and O–H groups in total. The molecular formula is C22H32N4O9S. The Kier molecular flexibility index (Phi) is 13.3. The Morgan fingerprint density at radius 3 is 1.97 bits per heavy atom. The molecule has 3 amide bonds. The van der Waals surface area contributed by atoms with Gasteiger partial charge in [-0.25, -0.2) is 4.79 Å². The molecule has 0 aliphatic carbocycles. The van der Waals surface area contributed by atoms with Crippen molar-refractivity contribution in [1.29, 1.82) is 0 Å². The number of aliphatic carboxylic acids is 2. The van der Waals surface area contributed by atoms with Gasteiger partial charge in [-0.3, -0.25) is 19.2 Å². The van der Waals surface area contributed by atoms with Crippen LogP contribution >= 0.6 is 11.8 Å². The third kappa shape index (κ3) is 10.9. The van der Waals surface area contributed by atoms with Gasteiger partial charge in [0.1, 0.15) is 23.9 Å². The van der Waals surface area contributed by atoms with Crippen LogP contribution in [0.1, 0.15) is 24.8 Å². The molecule has 4 unspecified atom stereocenters. The number of aliphatic hydroxyl groups excluding tert-OH is 1. The fourth-order valence-electron chi connectivity index (χ4n) is 3.00. The van der Waals surface area contributed by atoms with E-state index in [-0.39, 0.29) is 18.6 Å².